The first-order chi connectivity index (χ1) is 7.68. The molecule has 0 atom stereocenters. The number of benzene rings is 1. The van der Waals surface area contributed by atoms with Gasteiger partial charge in [-0.15, -0.1) is 5.10 Å². The molecule has 82 valence electrons. The Morgan fingerprint density at radius 2 is 2.19 bits per heavy atom. The molecule has 1 heterocycles. The number of carboxylic acid groups (broad SMARTS) is 1. The molecule has 0 unspecified atom stereocenters. The summed E-state index contributed by atoms with van der Waals surface area (Å²) in [6, 6.07) is 6.97. The molecule has 0 radical (unpaired) electrons. The molecule has 2 rings (SSSR count). The van der Waals surface area contributed by atoms with Crippen LogP contribution in [0.4, 0.5) is 0 Å². The highest BCUT2D eigenvalue weighted by Crippen LogP contribution is 2.24. The van der Waals surface area contributed by atoms with Crippen LogP contribution in [0.2, 0.25) is 5.02 Å². The third-order valence-electron chi connectivity index (χ3n) is 1.93. The van der Waals surface area contributed by atoms with Gasteiger partial charge < -0.3 is 5.11 Å². The Morgan fingerprint density at radius 3 is 2.88 bits per heavy atom. The van der Waals surface area contributed by atoms with Crippen LogP contribution in [0.25, 0.3) is 11.4 Å². The van der Waals surface area contributed by atoms with Crippen LogP contribution in [0.1, 0.15) is 0 Å². The van der Waals surface area contributed by atoms with Gasteiger partial charge in [0.25, 0.3) is 0 Å². The first-order valence-electron chi connectivity index (χ1n) is 4.41. The van der Waals surface area contributed by atoms with E-state index in [0.717, 1.165) is 0 Å². The molecule has 0 aliphatic heterocycles. The van der Waals surface area contributed by atoms with Gasteiger partial charge in [-0.25, -0.2) is 4.68 Å². The molecule has 0 spiro atoms. The fourth-order valence-corrected chi connectivity index (χ4v) is 1.49. The first kappa shape index (κ1) is 10.6. The first-order valence-corrected chi connectivity index (χ1v) is 4.79. The number of nitrogens with zero attached hydrogens (tertiary/aromatic N) is 4. The maximum Gasteiger partial charge on any atom is 0.325 e. The fourth-order valence-electron chi connectivity index (χ4n) is 1.27. The normalized spacial score (nSPS) is 10.3. The lowest BCUT2D eigenvalue weighted by Gasteiger charge is -2.02. The minimum absolute atomic E-state index is 0.298. The molecule has 0 aliphatic carbocycles. The van der Waals surface area contributed by atoms with E-state index in [2.05, 4.69) is 15.5 Å². The van der Waals surface area contributed by atoms with Gasteiger partial charge in [0.05, 0.1) is 5.02 Å². The number of hydrogen-bond acceptors (Lipinski definition) is 4. The highest BCUT2D eigenvalue weighted by atomic mass is 35.5. The van der Waals surface area contributed by atoms with Crippen LogP contribution >= 0.6 is 11.6 Å². The summed E-state index contributed by atoms with van der Waals surface area (Å²) >= 11 is 5.97. The lowest BCUT2D eigenvalue weighted by atomic mass is 10.2. The van der Waals surface area contributed by atoms with Gasteiger partial charge in [0.1, 0.15) is 6.54 Å². The summed E-state index contributed by atoms with van der Waals surface area (Å²) in [5.74, 6) is -0.673. The van der Waals surface area contributed by atoms with Crippen molar-refractivity contribution in [3.05, 3.63) is 29.3 Å². The Kier molecular flexibility index (Phi) is 2.82. The van der Waals surface area contributed by atoms with Gasteiger partial charge in [0.15, 0.2) is 5.82 Å². The molecule has 2 aromatic rings. The fraction of sp³-hybridized carbons (Fsp3) is 0.111. The van der Waals surface area contributed by atoms with Gasteiger partial charge in [-0.05, 0) is 22.6 Å². The molecule has 7 heteroatoms. The van der Waals surface area contributed by atoms with Gasteiger partial charge in [-0.2, -0.15) is 0 Å². The van der Waals surface area contributed by atoms with Crippen molar-refractivity contribution in [2.24, 2.45) is 0 Å². The van der Waals surface area contributed by atoms with E-state index in [4.69, 9.17) is 16.7 Å². The standard InChI is InChI=1S/C9H7ClN4O2/c10-7-4-2-1-3-6(7)9-11-12-13-14(9)5-8(15)16/h1-4H,5H2,(H,15,16). The van der Waals surface area contributed by atoms with E-state index in [0.29, 0.717) is 16.4 Å². The van der Waals surface area contributed by atoms with E-state index in [-0.39, 0.29) is 6.54 Å². The van der Waals surface area contributed by atoms with Crippen molar-refractivity contribution in [3.63, 3.8) is 0 Å². The third kappa shape index (κ3) is 2.01. The number of carboxylic acids is 1. The summed E-state index contributed by atoms with van der Waals surface area (Å²) in [6.45, 7) is -0.298. The molecular formula is C9H7ClN4O2. The molecule has 0 saturated carbocycles. The molecular weight excluding hydrogens is 232 g/mol. The number of aromatic nitrogens is 4. The van der Waals surface area contributed by atoms with Crippen molar-refractivity contribution < 1.29 is 9.90 Å². The maximum atomic E-state index is 10.6. The Bertz CT molecular complexity index is 526. The average Bonchev–Trinajstić information content (AvgIpc) is 2.66. The second-order valence-electron chi connectivity index (χ2n) is 3.03. The van der Waals surface area contributed by atoms with E-state index < -0.39 is 5.97 Å². The van der Waals surface area contributed by atoms with Crippen molar-refractivity contribution in [1.82, 2.24) is 20.2 Å². The van der Waals surface area contributed by atoms with Crippen LogP contribution in [0.5, 0.6) is 0 Å². The van der Waals surface area contributed by atoms with E-state index in [1.807, 2.05) is 0 Å². The number of rotatable bonds is 3. The molecule has 1 aromatic heterocycles. The van der Waals surface area contributed by atoms with Crippen molar-refractivity contribution in [1.29, 1.82) is 0 Å². The number of tetrazole rings is 1. The molecule has 6 nitrogen and oxygen atoms in total. The van der Waals surface area contributed by atoms with Crippen LogP contribution in [-0.2, 0) is 11.3 Å². The summed E-state index contributed by atoms with van der Waals surface area (Å²) < 4.78 is 1.18. The van der Waals surface area contributed by atoms with E-state index in [1.165, 1.54) is 4.68 Å². The maximum absolute atomic E-state index is 10.6. The number of carbonyl (C=O) groups is 1. The van der Waals surface area contributed by atoms with Crippen LogP contribution in [0.3, 0.4) is 0 Å². The van der Waals surface area contributed by atoms with E-state index in [9.17, 15) is 4.79 Å². The second kappa shape index (κ2) is 4.28. The van der Waals surface area contributed by atoms with E-state index >= 15 is 0 Å². The van der Waals surface area contributed by atoms with Crippen molar-refractivity contribution >= 4 is 17.6 Å². The average molecular weight is 239 g/mol. The minimum Gasteiger partial charge on any atom is -0.480 e. The lowest BCUT2D eigenvalue weighted by Crippen LogP contribution is -2.11. The molecule has 1 aromatic carbocycles. The largest absolute Gasteiger partial charge is 0.480 e. The zero-order chi connectivity index (χ0) is 11.5. The molecule has 0 fully saturated rings. The zero-order valence-corrected chi connectivity index (χ0v) is 8.79. The van der Waals surface area contributed by atoms with Gasteiger partial charge in [-0.1, -0.05) is 23.7 Å². The van der Waals surface area contributed by atoms with Crippen molar-refractivity contribution in [2.75, 3.05) is 0 Å². The number of aliphatic carboxylic acids is 1. The molecule has 0 bridgehead atoms. The van der Waals surface area contributed by atoms with Crippen molar-refractivity contribution in [2.45, 2.75) is 6.54 Å². The van der Waals surface area contributed by atoms with Crippen molar-refractivity contribution in [3.8, 4) is 11.4 Å². The lowest BCUT2D eigenvalue weighted by molar-refractivity contribution is -0.137. The summed E-state index contributed by atoms with van der Waals surface area (Å²) in [5.41, 5.74) is 0.607. The van der Waals surface area contributed by atoms with E-state index in [1.54, 1.807) is 24.3 Å². The Labute approximate surface area is 95.5 Å². The smallest absolute Gasteiger partial charge is 0.325 e. The van der Waals surface area contributed by atoms with Crippen LogP contribution in [-0.4, -0.2) is 31.3 Å². The highest BCUT2D eigenvalue weighted by Gasteiger charge is 2.13. The highest BCUT2D eigenvalue weighted by molar-refractivity contribution is 6.33. The summed E-state index contributed by atoms with van der Waals surface area (Å²) in [6.07, 6.45) is 0. The molecule has 0 amide bonds. The van der Waals surface area contributed by atoms with Crippen LogP contribution < -0.4 is 0 Å². The second-order valence-corrected chi connectivity index (χ2v) is 3.44. The monoisotopic (exact) mass is 238 g/mol. The predicted molar refractivity (Wildman–Crippen MR) is 55.9 cm³/mol. The number of halogens is 1. The summed E-state index contributed by atoms with van der Waals surface area (Å²) in [4.78, 5) is 10.6. The topological polar surface area (TPSA) is 80.9 Å². The molecule has 0 aliphatic rings. The van der Waals surface area contributed by atoms with Crippen LogP contribution in [0, 0.1) is 0 Å². The zero-order valence-electron chi connectivity index (χ0n) is 8.04. The van der Waals surface area contributed by atoms with Gasteiger partial charge in [-0.3, -0.25) is 4.79 Å². The van der Waals surface area contributed by atoms with Gasteiger partial charge in [0, 0.05) is 5.56 Å². The molecule has 16 heavy (non-hydrogen) atoms. The predicted octanol–water partition coefficient (Wildman–Crippen LogP) is 1.08. The summed E-state index contributed by atoms with van der Waals surface area (Å²) in [7, 11) is 0. The quantitative estimate of drug-likeness (QED) is 0.865. The molecule has 0 saturated heterocycles. The molecule has 1 N–H and O–H groups in total. The van der Waals surface area contributed by atoms with Gasteiger partial charge in [0.2, 0.25) is 0 Å². The summed E-state index contributed by atoms with van der Waals surface area (Å²) in [5, 5.41) is 19.9. The Morgan fingerprint density at radius 1 is 1.44 bits per heavy atom. The minimum atomic E-state index is -1.01. The Hall–Kier alpha value is -1.95. The van der Waals surface area contributed by atoms with Crippen LogP contribution in [0.15, 0.2) is 24.3 Å². The Balaban J connectivity index is 2.45. The number of hydrogen-bond donors (Lipinski definition) is 1. The SMILES string of the molecule is O=C(O)Cn1nnnc1-c1ccccc1Cl. The van der Waals surface area contributed by atoms with Gasteiger partial charge >= 0.3 is 5.97 Å². The third-order valence-corrected chi connectivity index (χ3v) is 2.26.